The molecule has 32 heavy (non-hydrogen) atoms. The summed E-state index contributed by atoms with van der Waals surface area (Å²) in [7, 11) is 0. The minimum Gasteiger partial charge on any atom is -0.455 e. The van der Waals surface area contributed by atoms with Crippen molar-refractivity contribution in [3.05, 3.63) is 77.2 Å². The zero-order valence-corrected chi connectivity index (χ0v) is 17.5. The van der Waals surface area contributed by atoms with Crippen molar-refractivity contribution in [3.8, 4) is 0 Å². The van der Waals surface area contributed by atoms with Crippen molar-refractivity contribution in [3.63, 3.8) is 0 Å². The number of rotatable bonds is 5. The number of nitrogens with two attached hydrogens (primary N) is 1. The normalized spacial score (nSPS) is 14.3. The van der Waals surface area contributed by atoms with Crippen LogP contribution in [-0.2, 0) is 6.42 Å². The molecule has 2 aromatic carbocycles. The quantitative estimate of drug-likeness (QED) is 0.390. The molecule has 0 unspecified atom stereocenters. The van der Waals surface area contributed by atoms with Crippen LogP contribution in [0, 0.1) is 6.92 Å². The first-order valence-corrected chi connectivity index (χ1v) is 10.1. The van der Waals surface area contributed by atoms with Gasteiger partial charge in [-0.3, -0.25) is 4.79 Å². The third-order valence-electron chi connectivity index (χ3n) is 5.00. The molecule has 0 saturated heterocycles. The fraction of sp³-hybridized carbons (Fsp3) is 0.174. The molecule has 0 fully saturated rings. The molecule has 1 aliphatic rings. The number of amides is 3. The molecule has 4 N–H and O–H groups in total. The molecule has 1 aliphatic carbocycles. The number of hydrogen-bond acceptors (Lipinski definition) is 6. The van der Waals surface area contributed by atoms with Gasteiger partial charge < -0.3 is 15.5 Å². The van der Waals surface area contributed by atoms with Crippen molar-refractivity contribution >= 4 is 34.7 Å². The topological polar surface area (TPSA) is 134 Å². The first-order chi connectivity index (χ1) is 15.5. The highest BCUT2D eigenvalue weighted by Gasteiger charge is 2.28. The molecule has 0 bridgehead atoms. The zero-order chi connectivity index (χ0) is 22.5. The van der Waals surface area contributed by atoms with E-state index >= 15 is 0 Å². The van der Waals surface area contributed by atoms with Crippen molar-refractivity contribution in [2.45, 2.75) is 26.2 Å². The van der Waals surface area contributed by atoms with E-state index in [1.165, 1.54) is 0 Å². The zero-order valence-electron chi connectivity index (χ0n) is 17.5. The lowest BCUT2D eigenvalue weighted by Gasteiger charge is -2.13. The summed E-state index contributed by atoms with van der Waals surface area (Å²) in [5.41, 5.74) is 11.5. The second-order valence-electron chi connectivity index (χ2n) is 7.28. The third kappa shape index (κ3) is 4.72. The van der Waals surface area contributed by atoms with Gasteiger partial charge in [-0.15, -0.1) is 0 Å². The molecular formula is C23H22N6O3. The lowest BCUT2D eigenvalue weighted by Crippen LogP contribution is -2.27. The van der Waals surface area contributed by atoms with Crippen molar-refractivity contribution < 1.29 is 14.0 Å². The van der Waals surface area contributed by atoms with E-state index in [0.717, 1.165) is 17.7 Å². The highest BCUT2D eigenvalue weighted by Crippen LogP contribution is 2.30. The first-order valence-electron chi connectivity index (χ1n) is 10.1. The maximum atomic E-state index is 12.8. The SMILES string of the molecule is Cc1c(C(=O)Nc2ccc(N=Nc3ccccc3)cc2)oc2c1C(=NNC(N)=O)CCC2. The van der Waals surface area contributed by atoms with E-state index in [0.29, 0.717) is 41.3 Å². The Hall–Kier alpha value is -4.27. The molecule has 0 aliphatic heterocycles. The predicted octanol–water partition coefficient (Wildman–Crippen LogP) is 4.96. The molecule has 9 nitrogen and oxygen atoms in total. The number of anilines is 1. The van der Waals surface area contributed by atoms with Gasteiger partial charge >= 0.3 is 6.03 Å². The fourth-order valence-electron chi connectivity index (χ4n) is 3.53. The van der Waals surface area contributed by atoms with Crippen LogP contribution in [0.4, 0.5) is 21.9 Å². The van der Waals surface area contributed by atoms with Gasteiger partial charge in [-0.1, -0.05) is 18.2 Å². The first kappa shape index (κ1) is 21.0. The summed E-state index contributed by atoms with van der Waals surface area (Å²) in [5, 5.41) is 15.3. The third-order valence-corrected chi connectivity index (χ3v) is 5.00. The van der Waals surface area contributed by atoms with Gasteiger partial charge in [0.1, 0.15) is 5.76 Å². The van der Waals surface area contributed by atoms with Crippen LogP contribution in [0.3, 0.4) is 0 Å². The number of furan rings is 1. The minimum atomic E-state index is -0.740. The molecule has 9 heteroatoms. The molecule has 3 aromatic rings. The minimum absolute atomic E-state index is 0.219. The van der Waals surface area contributed by atoms with Gasteiger partial charge in [-0.05, 0) is 56.2 Å². The Bertz CT molecular complexity index is 1200. The number of primary amides is 1. The molecule has 0 saturated carbocycles. The highest BCUT2D eigenvalue weighted by molar-refractivity contribution is 6.09. The van der Waals surface area contributed by atoms with Gasteiger partial charge in [0.15, 0.2) is 5.76 Å². The monoisotopic (exact) mass is 430 g/mol. The van der Waals surface area contributed by atoms with Crippen LogP contribution in [0.1, 0.15) is 40.3 Å². The van der Waals surface area contributed by atoms with E-state index in [4.69, 9.17) is 10.2 Å². The van der Waals surface area contributed by atoms with Crippen LogP contribution in [0.25, 0.3) is 0 Å². The number of nitrogens with one attached hydrogen (secondary N) is 2. The summed E-state index contributed by atoms with van der Waals surface area (Å²) in [6.45, 7) is 1.80. The maximum absolute atomic E-state index is 12.8. The number of carbonyl (C=O) groups is 2. The molecule has 162 valence electrons. The van der Waals surface area contributed by atoms with Crippen LogP contribution in [0.2, 0.25) is 0 Å². The fourth-order valence-corrected chi connectivity index (χ4v) is 3.53. The maximum Gasteiger partial charge on any atom is 0.332 e. The van der Waals surface area contributed by atoms with E-state index in [-0.39, 0.29) is 11.7 Å². The number of carbonyl (C=O) groups excluding carboxylic acids is 2. The smallest absolute Gasteiger partial charge is 0.332 e. The number of hydrazone groups is 1. The van der Waals surface area contributed by atoms with Crippen molar-refractivity contribution in [1.82, 2.24) is 5.43 Å². The molecule has 1 aromatic heterocycles. The molecule has 4 rings (SSSR count). The molecule has 0 atom stereocenters. The van der Waals surface area contributed by atoms with Gasteiger partial charge in [-0.25, -0.2) is 10.2 Å². The standard InChI is InChI=1S/C23H22N6O3/c1-14-20-18(28-29-23(24)31)8-5-9-19(20)32-21(14)22(30)25-15-10-12-17(13-11-15)27-26-16-6-3-2-4-7-16/h2-4,6-7,10-13H,5,8-9H2,1H3,(H,25,30)(H3,24,29,31). The Labute approximate surface area is 184 Å². The lowest BCUT2D eigenvalue weighted by atomic mass is 9.93. The Kier molecular flexibility index (Phi) is 6.07. The van der Waals surface area contributed by atoms with Crippen LogP contribution >= 0.6 is 0 Å². The lowest BCUT2D eigenvalue weighted by molar-refractivity contribution is 0.0994. The number of nitrogens with zero attached hydrogens (tertiary/aromatic N) is 3. The average molecular weight is 430 g/mol. The van der Waals surface area contributed by atoms with E-state index in [1.807, 2.05) is 30.3 Å². The Morgan fingerprint density at radius 1 is 0.969 bits per heavy atom. The molecule has 1 heterocycles. The Morgan fingerprint density at radius 2 is 1.66 bits per heavy atom. The molecular weight excluding hydrogens is 408 g/mol. The predicted molar refractivity (Wildman–Crippen MR) is 121 cm³/mol. The number of hydrogen-bond donors (Lipinski definition) is 3. The summed E-state index contributed by atoms with van der Waals surface area (Å²) < 4.78 is 5.85. The summed E-state index contributed by atoms with van der Waals surface area (Å²) in [4.78, 5) is 23.8. The van der Waals surface area contributed by atoms with Crippen molar-refractivity contribution in [2.24, 2.45) is 21.1 Å². The van der Waals surface area contributed by atoms with E-state index in [1.54, 1.807) is 31.2 Å². The van der Waals surface area contributed by atoms with E-state index < -0.39 is 6.03 Å². The van der Waals surface area contributed by atoms with Crippen LogP contribution in [0.5, 0.6) is 0 Å². The van der Waals surface area contributed by atoms with Gasteiger partial charge in [-0.2, -0.15) is 15.3 Å². The summed E-state index contributed by atoms with van der Waals surface area (Å²) in [6, 6.07) is 15.7. The molecule has 0 spiro atoms. The van der Waals surface area contributed by atoms with Gasteiger partial charge in [0.05, 0.1) is 17.1 Å². The average Bonchev–Trinajstić information content (AvgIpc) is 3.15. The summed E-state index contributed by atoms with van der Waals surface area (Å²) >= 11 is 0. The molecule has 3 amide bonds. The second kappa shape index (κ2) is 9.25. The highest BCUT2D eigenvalue weighted by atomic mass is 16.4. The van der Waals surface area contributed by atoms with E-state index in [2.05, 4.69) is 26.1 Å². The summed E-state index contributed by atoms with van der Waals surface area (Å²) in [6.07, 6.45) is 2.16. The largest absolute Gasteiger partial charge is 0.455 e. The molecule has 0 radical (unpaired) electrons. The number of benzene rings is 2. The van der Waals surface area contributed by atoms with Crippen molar-refractivity contribution in [1.29, 1.82) is 0 Å². The summed E-state index contributed by atoms with van der Waals surface area (Å²) in [5.74, 6) is 0.537. The van der Waals surface area contributed by atoms with Crippen LogP contribution in [-0.4, -0.2) is 17.6 Å². The number of urea groups is 1. The van der Waals surface area contributed by atoms with Gasteiger partial charge in [0, 0.05) is 23.2 Å². The van der Waals surface area contributed by atoms with Crippen LogP contribution in [0.15, 0.2) is 74.3 Å². The van der Waals surface area contributed by atoms with Gasteiger partial charge in [0.25, 0.3) is 5.91 Å². The van der Waals surface area contributed by atoms with Gasteiger partial charge in [0.2, 0.25) is 0 Å². The second-order valence-corrected chi connectivity index (χ2v) is 7.28. The number of aryl methyl sites for hydroxylation is 1. The van der Waals surface area contributed by atoms with Crippen molar-refractivity contribution in [2.75, 3.05) is 5.32 Å². The van der Waals surface area contributed by atoms with E-state index in [9.17, 15) is 9.59 Å². The Morgan fingerprint density at radius 3 is 2.34 bits per heavy atom. The Balaban J connectivity index is 1.48. The van der Waals surface area contributed by atoms with Crippen LogP contribution < -0.4 is 16.5 Å². The number of fused-ring (bicyclic) bond motifs is 1. The number of azo groups is 1.